The van der Waals surface area contributed by atoms with Gasteiger partial charge >= 0.3 is 0 Å². The van der Waals surface area contributed by atoms with Crippen LogP contribution in [0, 0.1) is 0 Å². The number of hydrogen-bond donors (Lipinski definition) is 2. The molecule has 2 N–H and O–H groups in total. The highest BCUT2D eigenvalue weighted by molar-refractivity contribution is 5.98. The summed E-state index contributed by atoms with van der Waals surface area (Å²) in [6.07, 6.45) is 4.81. The van der Waals surface area contributed by atoms with Crippen molar-refractivity contribution < 1.29 is 9.59 Å². The highest BCUT2D eigenvalue weighted by atomic mass is 16.2. The number of rotatable bonds is 6. The van der Waals surface area contributed by atoms with Gasteiger partial charge in [0.25, 0.3) is 11.8 Å². The number of carbonyl (C=O) groups is 2. The van der Waals surface area contributed by atoms with Gasteiger partial charge in [0.1, 0.15) is 5.69 Å². The van der Waals surface area contributed by atoms with Crippen molar-refractivity contribution >= 4 is 11.8 Å². The predicted octanol–water partition coefficient (Wildman–Crippen LogP) is 2.34. The van der Waals surface area contributed by atoms with Crippen LogP contribution in [0.1, 0.15) is 32.0 Å². The van der Waals surface area contributed by atoms with E-state index in [1.165, 1.54) is 12.3 Å². The largest absolute Gasteiger partial charge is 0.348 e. The Morgan fingerprint density at radius 3 is 2.31 bits per heavy atom. The first-order valence-electron chi connectivity index (χ1n) is 8.17. The Hall–Kier alpha value is -3.54. The molecule has 0 bridgehead atoms. The van der Waals surface area contributed by atoms with Crippen molar-refractivity contribution in [1.82, 2.24) is 20.6 Å². The molecule has 0 atom stereocenters. The summed E-state index contributed by atoms with van der Waals surface area (Å²) < 4.78 is 0. The highest BCUT2D eigenvalue weighted by Gasteiger charge is 2.11. The summed E-state index contributed by atoms with van der Waals surface area (Å²) in [7, 11) is 0. The Bertz CT molecular complexity index is 812. The van der Waals surface area contributed by atoms with Gasteiger partial charge < -0.3 is 10.6 Å². The SMILES string of the molecule is O=C(NCc1ccccc1)c1ccnc(C(=O)NCc2cccnc2)c1. The van der Waals surface area contributed by atoms with E-state index in [0.29, 0.717) is 18.7 Å². The molecular weight excluding hydrogens is 328 g/mol. The molecule has 0 aliphatic heterocycles. The fourth-order valence-corrected chi connectivity index (χ4v) is 2.35. The van der Waals surface area contributed by atoms with Crippen molar-refractivity contribution in [3.63, 3.8) is 0 Å². The standard InChI is InChI=1S/C20H18N4O2/c25-19(23-13-15-5-2-1-3-6-15)17-8-10-22-18(11-17)20(26)24-14-16-7-4-9-21-12-16/h1-12H,13-14H2,(H,23,25)(H,24,26). The molecule has 2 heterocycles. The van der Waals surface area contributed by atoms with Gasteiger partial charge in [0.15, 0.2) is 0 Å². The van der Waals surface area contributed by atoms with Gasteiger partial charge in [0.2, 0.25) is 0 Å². The van der Waals surface area contributed by atoms with Gasteiger partial charge in [-0.1, -0.05) is 36.4 Å². The first-order valence-corrected chi connectivity index (χ1v) is 8.17. The molecule has 2 amide bonds. The van der Waals surface area contributed by atoms with Crippen molar-refractivity contribution in [1.29, 1.82) is 0 Å². The molecule has 0 spiro atoms. The maximum absolute atomic E-state index is 12.3. The van der Waals surface area contributed by atoms with Crippen LogP contribution in [0.25, 0.3) is 0 Å². The summed E-state index contributed by atoms with van der Waals surface area (Å²) in [5.74, 6) is -0.593. The van der Waals surface area contributed by atoms with Crippen molar-refractivity contribution in [2.45, 2.75) is 13.1 Å². The first-order chi connectivity index (χ1) is 12.7. The molecule has 26 heavy (non-hydrogen) atoms. The first kappa shape index (κ1) is 17.3. The molecule has 6 heteroatoms. The van der Waals surface area contributed by atoms with E-state index in [9.17, 15) is 9.59 Å². The molecule has 0 unspecified atom stereocenters. The third-order valence-corrected chi connectivity index (χ3v) is 3.73. The minimum Gasteiger partial charge on any atom is -0.348 e. The monoisotopic (exact) mass is 346 g/mol. The Morgan fingerprint density at radius 1 is 0.808 bits per heavy atom. The molecule has 0 saturated carbocycles. The molecule has 2 aromatic heterocycles. The van der Waals surface area contributed by atoms with Crippen molar-refractivity contribution in [2.75, 3.05) is 0 Å². The van der Waals surface area contributed by atoms with Crippen molar-refractivity contribution in [3.8, 4) is 0 Å². The van der Waals surface area contributed by atoms with Gasteiger partial charge in [-0.05, 0) is 29.3 Å². The lowest BCUT2D eigenvalue weighted by Gasteiger charge is -2.07. The number of benzene rings is 1. The lowest BCUT2D eigenvalue weighted by atomic mass is 10.2. The minimum absolute atomic E-state index is 0.196. The molecule has 0 aliphatic rings. The maximum atomic E-state index is 12.3. The quantitative estimate of drug-likeness (QED) is 0.717. The summed E-state index contributed by atoms with van der Waals surface area (Å²) in [5, 5.41) is 5.60. The van der Waals surface area contributed by atoms with E-state index in [-0.39, 0.29) is 17.5 Å². The molecular formula is C20H18N4O2. The van der Waals surface area contributed by atoms with Crippen LogP contribution in [-0.4, -0.2) is 21.8 Å². The maximum Gasteiger partial charge on any atom is 0.270 e. The van der Waals surface area contributed by atoms with Gasteiger partial charge in [-0.2, -0.15) is 0 Å². The van der Waals surface area contributed by atoms with Gasteiger partial charge in [-0.25, -0.2) is 0 Å². The van der Waals surface area contributed by atoms with Crippen LogP contribution in [0.2, 0.25) is 0 Å². The summed E-state index contributed by atoms with van der Waals surface area (Å²) in [6.45, 7) is 0.767. The third-order valence-electron chi connectivity index (χ3n) is 3.73. The van der Waals surface area contributed by atoms with Crippen LogP contribution < -0.4 is 10.6 Å². The van der Waals surface area contributed by atoms with E-state index in [1.54, 1.807) is 24.5 Å². The second-order valence-electron chi connectivity index (χ2n) is 5.64. The van der Waals surface area contributed by atoms with Crippen molar-refractivity contribution in [2.24, 2.45) is 0 Å². The molecule has 1 aromatic carbocycles. The summed E-state index contributed by atoms with van der Waals surface area (Å²) in [4.78, 5) is 32.6. The highest BCUT2D eigenvalue weighted by Crippen LogP contribution is 2.04. The molecule has 0 saturated heterocycles. The second kappa shape index (κ2) is 8.53. The Morgan fingerprint density at radius 2 is 1.54 bits per heavy atom. The Balaban J connectivity index is 1.60. The molecule has 3 aromatic rings. The lowest BCUT2D eigenvalue weighted by molar-refractivity contribution is 0.0946. The molecule has 0 radical (unpaired) electrons. The van der Waals surface area contributed by atoms with E-state index in [1.807, 2.05) is 36.4 Å². The average Bonchev–Trinajstić information content (AvgIpc) is 2.72. The van der Waals surface area contributed by atoms with Crippen LogP contribution in [0.4, 0.5) is 0 Å². The number of carbonyl (C=O) groups excluding carboxylic acids is 2. The number of hydrogen-bond acceptors (Lipinski definition) is 4. The zero-order valence-electron chi connectivity index (χ0n) is 14.1. The van der Waals surface area contributed by atoms with E-state index < -0.39 is 0 Å². The van der Waals surface area contributed by atoms with Crippen LogP contribution >= 0.6 is 0 Å². The second-order valence-corrected chi connectivity index (χ2v) is 5.64. The molecule has 6 nitrogen and oxygen atoms in total. The van der Waals surface area contributed by atoms with Gasteiger partial charge in [-0.15, -0.1) is 0 Å². The zero-order chi connectivity index (χ0) is 18.2. The fourth-order valence-electron chi connectivity index (χ4n) is 2.35. The van der Waals surface area contributed by atoms with Crippen molar-refractivity contribution in [3.05, 3.63) is 95.6 Å². The van der Waals surface area contributed by atoms with Gasteiger partial charge in [-0.3, -0.25) is 19.6 Å². The zero-order valence-corrected chi connectivity index (χ0v) is 14.1. The Kier molecular flexibility index (Phi) is 5.67. The average molecular weight is 346 g/mol. The van der Waals surface area contributed by atoms with Gasteiger partial charge in [0.05, 0.1) is 0 Å². The van der Waals surface area contributed by atoms with E-state index in [4.69, 9.17) is 0 Å². The van der Waals surface area contributed by atoms with E-state index in [0.717, 1.165) is 11.1 Å². The van der Waals surface area contributed by atoms with Gasteiger partial charge in [0, 0.05) is 37.2 Å². The summed E-state index contributed by atoms with van der Waals surface area (Å²) >= 11 is 0. The number of nitrogens with zero attached hydrogens (tertiary/aromatic N) is 2. The summed E-state index contributed by atoms with van der Waals surface area (Å²) in [6, 6.07) is 16.4. The number of aromatic nitrogens is 2. The molecule has 0 aliphatic carbocycles. The minimum atomic E-state index is -0.341. The predicted molar refractivity (Wildman–Crippen MR) is 97.3 cm³/mol. The van der Waals surface area contributed by atoms with Crippen LogP contribution in [0.15, 0.2) is 73.2 Å². The van der Waals surface area contributed by atoms with E-state index >= 15 is 0 Å². The van der Waals surface area contributed by atoms with Crippen LogP contribution in [0.5, 0.6) is 0 Å². The number of nitrogens with one attached hydrogen (secondary N) is 2. The smallest absolute Gasteiger partial charge is 0.270 e. The molecule has 3 rings (SSSR count). The third kappa shape index (κ3) is 4.73. The summed E-state index contributed by atoms with van der Waals surface area (Å²) in [5.41, 5.74) is 2.48. The number of pyridine rings is 2. The van der Waals surface area contributed by atoms with E-state index in [2.05, 4.69) is 20.6 Å². The molecule has 130 valence electrons. The normalized spacial score (nSPS) is 10.2. The molecule has 0 fully saturated rings. The topological polar surface area (TPSA) is 84.0 Å². The number of amides is 2. The lowest BCUT2D eigenvalue weighted by Crippen LogP contribution is -2.26. The Labute approximate surface area is 151 Å². The van der Waals surface area contributed by atoms with Crippen LogP contribution in [-0.2, 0) is 13.1 Å². The fraction of sp³-hybridized carbons (Fsp3) is 0.100. The van der Waals surface area contributed by atoms with Crippen LogP contribution in [0.3, 0.4) is 0 Å².